The lowest BCUT2D eigenvalue weighted by molar-refractivity contribution is -0.151. The zero-order valence-corrected chi connectivity index (χ0v) is 19.2. The number of rotatable bonds is 12. The van der Waals surface area contributed by atoms with E-state index in [1.165, 1.54) is 0 Å². The lowest BCUT2D eigenvalue weighted by Gasteiger charge is -2.25. The number of esters is 1. The highest BCUT2D eigenvalue weighted by atomic mass is 16.6. The second kappa shape index (κ2) is 12.7. The number of ether oxygens (including phenoxy) is 4. The predicted molar refractivity (Wildman–Crippen MR) is 129 cm³/mol. The van der Waals surface area contributed by atoms with E-state index < -0.39 is 30.3 Å². The summed E-state index contributed by atoms with van der Waals surface area (Å²) in [6.45, 7) is 0.864. The standard InChI is InChI=1S/C27H27N3O5/c28-30-29-23(19-32-16-20-10-4-1-5-11-20)24-25(33-17-21-12-6-2-7-13-21)26(27(31)35-24)34-18-22-14-8-3-9-15-22/h1-15,23-26H,16-19H2/t23-,24-,25+,26-/m1/s1. The molecule has 1 saturated heterocycles. The topological polar surface area (TPSA) is 103 Å². The van der Waals surface area contributed by atoms with Crippen molar-refractivity contribution >= 4 is 5.97 Å². The first-order chi connectivity index (χ1) is 17.2. The van der Waals surface area contributed by atoms with E-state index in [2.05, 4.69) is 10.0 Å². The molecule has 1 aliphatic rings. The van der Waals surface area contributed by atoms with E-state index in [1.807, 2.05) is 91.0 Å². The van der Waals surface area contributed by atoms with Crippen molar-refractivity contribution in [2.45, 2.75) is 44.2 Å². The van der Waals surface area contributed by atoms with Crippen LogP contribution in [-0.2, 0) is 43.6 Å². The van der Waals surface area contributed by atoms with E-state index in [1.54, 1.807) is 0 Å². The van der Waals surface area contributed by atoms with E-state index in [9.17, 15) is 10.3 Å². The fourth-order valence-corrected chi connectivity index (χ4v) is 3.88. The molecule has 0 radical (unpaired) electrons. The fraction of sp³-hybridized carbons (Fsp3) is 0.296. The number of hydrogen-bond donors (Lipinski definition) is 0. The van der Waals surface area contributed by atoms with Gasteiger partial charge in [-0.25, -0.2) is 4.79 Å². The van der Waals surface area contributed by atoms with Gasteiger partial charge in [0, 0.05) is 4.91 Å². The predicted octanol–water partition coefficient (Wildman–Crippen LogP) is 4.98. The summed E-state index contributed by atoms with van der Waals surface area (Å²) in [4.78, 5) is 15.8. The Bertz CT molecular complexity index is 1110. The van der Waals surface area contributed by atoms with Gasteiger partial charge < -0.3 is 18.9 Å². The van der Waals surface area contributed by atoms with Crippen molar-refractivity contribution in [2.75, 3.05) is 6.61 Å². The molecule has 0 bridgehead atoms. The zero-order chi connectivity index (χ0) is 24.3. The molecule has 180 valence electrons. The number of carbonyl (C=O) groups is 1. The molecule has 0 N–H and O–H groups in total. The summed E-state index contributed by atoms with van der Waals surface area (Å²) in [7, 11) is 0. The number of nitrogens with zero attached hydrogens (tertiary/aromatic N) is 3. The van der Waals surface area contributed by atoms with Crippen LogP contribution in [0.2, 0.25) is 0 Å². The third-order valence-electron chi connectivity index (χ3n) is 5.64. The first-order valence-electron chi connectivity index (χ1n) is 11.4. The van der Waals surface area contributed by atoms with Crippen LogP contribution in [0.5, 0.6) is 0 Å². The molecule has 0 unspecified atom stereocenters. The van der Waals surface area contributed by atoms with Crippen molar-refractivity contribution in [3.63, 3.8) is 0 Å². The molecule has 1 fully saturated rings. The minimum atomic E-state index is -0.963. The van der Waals surface area contributed by atoms with E-state index in [4.69, 9.17) is 18.9 Å². The Balaban J connectivity index is 1.48. The molecular formula is C27H27N3O5. The molecule has 0 aliphatic carbocycles. The monoisotopic (exact) mass is 473 g/mol. The molecule has 8 heteroatoms. The van der Waals surface area contributed by atoms with Gasteiger partial charge in [0.15, 0.2) is 6.10 Å². The van der Waals surface area contributed by atoms with Crippen LogP contribution in [-0.4, -0.2) is 36.9 Å². The van der Waals surface area contributed by atoms with Crippen LogP contribution in [0.15, 0.2) is 96.1 Å². The van der Waals surface area contributed by atoms with Crippen LogP contribution in [0.25, 0.3) is 10.4 Å². The summed E-state index contributed by atoms with van der Waals surface area (Å²) < 4.78 is 23.6. The molecule has 0 aromatic heterocycles. The molecule has 0 spiro atoms. The Morgan fingerprint density at radius 3 is 1.86 bits per heavy atom. The Hall–Kier alpha value is -3.68. The molecule has 35 heavy (non-hydrogen) atoms. The van der Waals surface area contributed by atoms with Gasteiger partial charge in [0.05, 0.1) is 26.4 Å². The molecule has 1 heterocycles. The second-order valence-corrected chi connectivity index (χ2v) is 8.15. The van der Waals surface area contributed by atoms with E-state index >= 15 is 0 Å². The Kier molecular flexibility index (Phi) is 8.86. The molecule has 3 aromatic rings. The second-order valence-electron chi connectivity index (χ2n) is 8.15. The van der Waals surface area contributed by atoms with Gasteiger partial charge in [-0.3, -0.25) is 0 Å². The average Bonchev–Trinajstić information content (AvgIpc) is 3.22. The van der Waals surface area contributed by atoms with Gasteiger partial charge in [-0.2, -0.15) is 0 Å². The highest BCUT2D eigenvalue weighted by Gasteiger charge is 2.49. The minimum Gasteiger partial charge on any atom is -0.457 e. The molecule has 1 aliphatic heterocycles. The normalized spacial score (nSPS) is 20.1. The highest BCUT2D eigenvalue weighted by molar-refractivity contribution is 5.78. The molecule has 3 aromatic carbocycles. The smallest absolute Gasteiger partial charge is 0.338 e. The van der Waals surface area contributed by atoms with Crippen LogP contribution < -0.4 is 0 Å². The maximum absolute atomic E-state index is 12.8. The molecule has 8 nitrogen and oxygen atoms in total. The Morgan fingerprint density at radius 1 is 0.800 bits per heavy atom. The van der Waals surface area contributed by atoms with Crippen molar-refractivity contribution in [1.82, 2.24) is 0 Å². The largest absolute Gasteiger partial charge is 0.457 e. The van der Waals surface area contributed by atoms with Gasteiger partial charge in [0.1, 0.15) is 18.2 Å². The van der Waals surface area contributed by atoms with Crippen molar-refractivity contribution < 1.29 is 23.7 Å². The summed E-state index contributed by atoms with van der Waals surface area (Å²) in [6.07, 6.45) is -2.59. The molecule has 0 amide bonds. The Morgan fingerprint density at radius 2 is 1.31 bits per heavy atom. The van der Waals surface area contributed by atoms with Crippen molar-refractivity contribution in [1.29, 1.82) is 0 Å². The Labute approximate surface area is 204 Å². The number of azide groups is 1. The first kappa shape index (κ1) is 24.4. The summed E-state index contributed by atoms with van der Waals surface area (Å²) in [5.41, 5.74) is 12.0. The van der Waals surface area contributed by atoms with Crippen LogP contribution in [0.1, 0.15) is 16.7 Å². The summed E-state index contributed by atoms with van der Waals surface area (Å²) in [6, 6.07) is 28.0. The number of hydrogen-bond acceptors (Lipinski definition) is 6. The number of carbonyl (C=O) groups excluding carboxylic acids is 1. The van der Waals surface area contributed by atoms with Gasteiger partial charge in [0.2, 0.25) is 0 Å². The molecule has 4 atom stereocenters. The lowest BCUT2D eigenvalue weighted by Crippen LogP contribution is -2.42. The van der Waals surface area contributed by atoms with Gasteiger partial charge in [0.25, 0.3) is 0 Å². The van der Waals surface area contributed by atoms with Crippen molar-refractivity contribution in [3.05, 3.63) is 118 Å². The third kappa shape index (κ3) is 6.91. The van der Waals surface area contributed by atoms with Crippen LogP contribution in [0, 0.1) is 0 Å². The summed E-state index contributed by atoms with van der Waals surface area (Å²) in [5, 5.41) is 3.87. The first-order valence-corrected chi connectivity index (χ1v) is 11.4. The molecule has 4 rings (SSSR count). The summed E-state index contributed by atoms with van der Waals surface area (Å²) >= 11 is 0. The van der Waals surface area contributed by atoms with Gasteiger partial charge in [-0.1, -0.05) is 96.1 Å². The minimum absolute atomic E-state index is 0.0630. The van der Waals surface area contributed by atoms with E-state index in [0.717, 1.165) is 16.7 Å². The van der Waals surface area contributed by atoms with Crippen molar-refractivity contribution in [2.24, 2.45) is 5.11 Å². The molecular weight excluding hydrogens is 446 g/mol. The molecule has 0 saturated carbocycles. The van der Waals surface area contributed by atoms with Gasteiger partial charge in [-0.15, -0.1) is 0 Å². The SMILES string of the molecule is [N-]=[N+]=N[C@H](COCc1ccccc1)[C@H]1OC(=O)[C@H](OCc2ccccc2)[C@H]1OCc1ccccc1. The quantitative estimate of drug-likeness (QED) is 0.160. The number of benzene rings is 3. The number of cyclic esters (lactones) is 1. The van der Waals surface area contributed by atoms with Gasteiger partial charge >= 0.3 is 5.97 Å². The van der Waals surface area contributed by atoms with Gasteiger partial charge in [-0.05, 0) is 22.2 Å². The maximum atomic E-state index is 12.8. The maximum Gasteiger partial charge on any atom is 0.338 e. The van der Waals surface area contributed by atoms with E-state index in [-0.39, 0.29) is 19.8 Å². The van der Waals surface area contributed by atoms with Crippen LogP contribution in [0.4, 0.5) is 0 Å². The fourth-order valence-electron chi connectivity index (χ4n) is 3.88. The average molecular weight is 474 g/mol. The van der Waals surface area contributed by atoms with E-state index in [0.29, 0.717) is 6.61 Å². The summed E-state index contributed by atoms with van der Waals surface area (Å²) in [5.74, 6) is -0.551. The van der Waals surface area contributed by atoms with Crippen molar-refractivity contribution in [3.8, 4) is 0 Å². The lowest BCUT2D eigenvalue weighted by atomic mass is 10.0. The third-order valence-corrected chi connectivity index (χ3v) is 5.64. The zero-order valence-electron chi connectivity index (χ0n) is 19.2. The van der Waals surface area contributed by atoms with Crippen LogP contribution >= 0.6 is 0 Å². The van der Waals surface area contributed by atoms with Crippen LogP contribution in [0.3, 0.4) is 0 Å². The highest BCUT2D eigenvalue weighted by Crippen LogP contribution is 2.28.